The highest BCUT2D eigenvalue weighted by Crippen LogP contribution is 2.52. The number of hydrogen-bond acceptors (Lipinski definition) is 2. The largest absolute Gasteiger partial charge is 0.396 e. The SMILES string of the molecule is CCC1CC(CC)(CCCCCO)[C@@H]1O. The van der Waals surface area contributed by atoms with Crippen molar-refractivity contribution in [2.45, 2.75) is 64.9 Å². The number of unbranched alkanes of at least 4 members (excludes halogenated alkanes) is 2. The average Bonchev–Trinajstić information content (AvgIpc) is 2.27. The molecule has 1 saturated carbocycles. The Bertz CT molecular complexity index is 181. The predicted octanol–water partition coefficient (Wildman–Crippen LogP) is 2.73. The Balaban J connectivity index is 2.30. The van der Waals surface area contributed by atoms with Crippen LogP contribution < -0.4 is 0 Å². The van der Waals surface area contributed by atoms with Gasteiger partial charge in [-0.1, -0.05) is 33.1 Å². The van der Waals surface area contributed by atoms with Gasteiger partial charge < -0.3 is 10.2 Å². The number of aliphatic hydroxyl groups excluding tert-OH is 2. The number of hydrogen-bond donors (Lipinski definition) is 2. The lowest BCUT2D eigenvalue weighted by Gasteiger charge is -2.53. The molecule has 0 aromatic rings. The second-order valence-electron chi connectivity index (χ2n) is 5.07. The normalized spacial score (nSPS) is 35.2. The van der Waals surface area contributed by atoms with Crippen LogP contribution in [0.15, 0.2) is 0 Å². The fourth-order valence-electron chi connectivity index (χ4n) is 3.01. The van der Waals surface area contributed by atoms with Crippen LogP contribution in [0.25, 0.3) is 0 Å². The molecule has 0 saturated heterocycles. The monoisotopic (exact) mass is 214 g/mol. The van der Waals surface area contributed by atoms with Gasteiger partial charge in [0.15, 0.2) is 0 Å². The lowest BCUT2D eigenvalue weighted by Crippen LogP contribution is -2.52. The van der Waals surface area contributed by atoms with Gasteiger partial charge in [0.05, 0.1) is 6.10 Å². The highest BCUT2D eigenvalue weighted by Gasteiger charge is 2.49. The van der Waals surface area contributed by atoms with E-state index in [-0.39, 0.29) is 11.5 Å². The summed E-state index contributed by atoms with van der Waals surface area (Å²) in [6, 6.07) is 0. The van der Waals surface area contributed by atoms with Crippen molar-refractivity contribution in [1.29, 1.82) is 0 Å². The molecule has 90 valence electrons. The first kappa shape index (κ1) is 13.0. The van der Waals surface area contributed by atoms with E-state index >= 15 is 0 Å². The Morgan fingerprint density at radius 1 is 1.20 bits per heavy atom. The van der Waals surface area contributed by atoms with Crippen molar-refractivity contribution in [2.75, 3.05) is 6.61 Å². The highest BCUT2D eigenvalue weighted by molar-refractivity contribution is 5.00. The van der Waals surface area contributed by atoms with E-state index in [2.05, 4.69) is 13.8 Å². The van der Waals surface area contributed by atoms with Crippen LogP contribution in [0.5, 0.6) is 0 Å². The average molecular weight is 214 g/mol. The molecular formula is C13H26O2. The Hall–Kier alpha value is -0.0800. The predicted molar refractivity (Wildman–Crippen MR) is 62.7 cm³/mol. The van der Waals surface area contributed by atoms with Gasteiger partial charge in [-0.05, 0) is 37.0 Å². The van der Waals surface area contributed by atoms with Gasteiger partial charge in [-0.3, -0.25) is 0 Å². The van der Waals surface area contributed by atoms with Crippen LogP contribution in [0.2, 0.25) is 0 Å². The lowest BCUT2D eigenvalue weighted by atomic mass is 9.55. The second kappa shape index (κ2) is 5.86. The van der Waals surface area contributed by atoms with Crippen LogP contribution in [0.3, 0.4) is 0 Å². The minimum absolute atomic E-state index is 0.0679. The van der Waals surface area contributed by atoms with E-state index in [9.17, 15) is 5.11 Å². The maximum atomic E-state index is 10.1. The van der Waals surface area contributed by atoms with Crippen LogP contribution in [0, 0.1) is 11.3 Å². The molecule has 1 rings (SSSR count). The Kier molecular flexibility index (Phi) is 5.07. The molecule has 2 unspecified atom stereocenters. The Morgan fingerprint density at radius 3 is 2.40 bits per heavy atom. The summed E-state index contributed by atoms with van der Waals surface area (Å²) in [6.45, 7) is 4.67. The van der Waals surface area contributed by atoms with Crippen LogP contribution in [0.4, 0.5) is 0 Å². The van der Waals surface area contributed by atoms with E-state index in [0.717, 1.165) is 38.5 Å². The van der Waals surface area contributed by atoms with Crippen LogP contribution in [0.1, 0.15) is 58.8 Å². The lowest BCUT2D eigenvalue weighted by molar-refractivity contribution is -0.129. The quantitative estimate of drug-likeness (QED) is 0.640. The smallest absolute Gasteiger partial charge is 0.0624 e. The zero-order chi connectivity index (χ0) is 11.3. The molecule has 1 aliphatic rings. The van der Waals surface area contributed by atoms with Gasteiger partial charge in [-0.2, -0.15) is 0 Å². The van der Waals surface area contributed by atoms with Gasteiger partial charge in [-0.25, -0.2) is 0 Å². The summed E-state index contributed by atoms with van der Waals surface area (Å²) >= 11 is 0. The van der Waals surface area contributed by atoms with Crippen molar-refractivity contribution in [3.8, 4) is 0 Å². The van der Waals surface area contributed by atoms with Gasteiger partial charge in [-0.15, -0.1) is 0 Å². The molecule has 0 amide bonds. The summed E-state index contributed by atoms with van der Waals surface area (Å²) in [5.41, 5.74) is 0.218. The van der Waals surface area contributed by atoms with E-state index < -0.39 is 0 Å². The van der Waals surface area contributed by atoms with Crippen LogP contribution in [-0.2, 0) is 0 Å². The van der Waals surface area contributed by atoms with E-state index in [4.69, 9.17) is 5.11 Å². The summed E-state index contributed by atoms with van der Waals surface area (Å²) in [5, 5.41) is 18.8. The van der Waals surface area contributed by atoms with Gasteiger partial charge in [0.1, 0.15) is 0 Å². The first-order valence-corrected chi connectivity index (χ1v) is 6.49. The van der Waals surface area contributed by atoms with E-state index in [1.54, 1.807) is 0 Å². The van der Waals surface area contributed by atoms with Gasteiger partial charge in [0.25, 0.3) is 0 Å². The molecule has 15 heavy (non-hydrogen) atoms. The zero-order valence-electron chi connectivity index (χ0n) is 10.2. The minimum Gasteiger partial charge on any atom is -0.396 e. The standard InChI is InChI=1S/C13H26O2/c1-3-11-10-13(4-2,12(11)15)8-6-5-7-9-14/h11-12,14-15H,3-10H2,1-2H3/t11?,12-,13?/m1/s1. The number of aliphatic hydroxyl groups is 2. The van der Waals surface area contributed by atoms with Crippen molar-refractivity contribution in [2.24, 2.45) is 11.3 Å². The molecule has 0 aromatic carbocycles. The maximum Gasteiger partial charge on any atom is 0.0624 e. The zero-order valence-corrected chi connectivity index (χ0v) is 10.2. The minimum atomic E-state index is -0.0679. The fraction of sp³-hybridized carbons (Fsp3) is 1.00. The summed E-state index contributed by atoms with van der Waals surface area (Å²) in [7, 11) is 0. The topological polar surface area (TPSA) is 40.5 Å². The fourth-order valence-corrected chi connectivity index (χ4v) is 3.01. The summed E-state index contributed by atoms with van der Waals surface area (Å²) < 4.78 is 0. The van der Waals surface area contributed by atoms with Crippen molar-refractivity contribution >= 4 is 0 Å². The third-order valence-electron chi connectivity index (χ3n) is 4.30. The molecule has 0 heterocycles. The summed E-state index contributed by atoms with van der Waals surface area (Å²) in [4.78, 5) is 0. The molecule has 1 fully saturated rings. The van der Waals surface area contributed by atoms with Crippen molar-refractivity contribution < 1.29 is 10.2 Å². The summed E-state index contributed by atoms with van der Waals surface area (Å²) in [5.74, 6) is 0.544. The van der Waals surface area contributed by atoms with E-state index in [1.807, 2.05) is 0 Å². The van der Waals surface area contributed by atoms with Gasteiger partial charge in [0, 0.05) is 6.61 Å². The van der Waals surface area contributed by atoms with E-state index in [1.165, 1.54) is 6.42 Å². The second-order valence-corrected chi connectivity index (χ2v) is 5.07. The molecule has 0 aromatic heterocycles. The first-order chi connectivity index (χ1) is 7.20. The highest BCUT2D eigenvalue weighted by atomic mass is 16.3. The third kappa shape index (κ3) is 2.73. The molecule has 0 radical (unpaired) electrons. The van der Waals surface area contributed by atoms with Crippen molar-refractivity contribution in [1.82, 2.24) is 0 Å². The van der Waals surface area contributed by atoms with Gasteiger partial charge in [0.2, 0.25) is 0 Å². The number of rotatable bonds is 7. The molecular weight excluding hydrogens is 188 g/mol. The molecule has 0 bridgehead atoms. The summed E-state index contributed by atoms with van der Waals surface area (Å²) in [6.07, 6.45) is 7.66. The molecule has 2 N–H and O–H groups in total. The third-order valence-corrected chi connectivity index (χ3v) is 4.30. The van der Waals surface area contributed by atoms with Gasteiger partial charge >= 0.3 is 0 Å². The van der Waals surface area contributed by atoms with Crippen molar-refractivity contribution in [3.63, 3.8) is 0 Å². The van der Waals surface area contributed by atoms with Crippen molar-refractivity contribution in [3.05, 3.63) is 0 Å². The molecule has 2 heteroatoms. The van der Waals surface area contributed by atoms with E-state index in [0.29, 0.717) is 12.5 Å². The molecule has 3 atom stereocenters. The Labute approximate surface area is 93.7 Å². The molecule has 0 spiro atoms. The van der Waals surface area contributed by atoms with Crippen LogP contribution in [-0.4, -0.2) is 22.9 Å². The molecule has 0 aliphatic heterocycles. The first-order valence-electron chi connectivity index (χ1n) is 6.49. The molecule has 2 nitrogen and oxygen atoms in total. The maximum absolute atomic E-state index is 10.1. The molecule has 1 aliphatic carbocycles. The Morgan fingerprint density at radius 2 is 1.93 bits per heavy atom. The van der Waals surface area contributed by atoms with Crippen LogP contribution >= 0.6 is 0 Å².